The number of hydrogen-bond donors (Lipinski definition) is 2. The third-order valence-corrected chi connectivity index (χ3v) is 4.15. The van der Waals surface area contributed by atoms with Crippen LogP contribution in [0.5, 0.6) is 11.5 Å². The van der Waals surface area contributed by atoms with Crippen molar-refractivity contribution in [3.05, 3.63) is 59.2 Å². The van der Waals surface area contributed by atoms with Gasteiger partial charge in [-0.1, -0.05) is 30.3 Å². The fourth-order valence-electron chi connectivity index (χ4n) is 2.75. The number of urea groups is 1. The minimum Gasteiger partial charge on any atom is -0.493 e. The number of nitrogens with one attached hydrogen (secondary N) is 2. The van der Waals surface area contributed by atoms with Crippen molar-refractivity contribution >= 4 is 6.03 Å². The zero-order chi connectivity index (χ0) is 18.2. The highest BCUT2D eigenvalue weighted by molar-refractivity contribution is 5.74. The number of benzene rings is 2. The molecule has 2 aromatic carbocycles. The first-order valence-corrected chi connectivity index (χ1v) is 8.36. The zero-order valence-electron chi connectivity index (χ0n) is 15.3. The minimum atomic E-state index is -0.170. The fraction of sp³-hybridized carbons (Fsp3) is 0.350. The monoisotopic (exact) mass is 342 g/mol. The average molecular weight is 342 g/mol. The van der Waals surface area contributed by atoms with Gasteiger partial charge in [-0.15, -0.1) is 0 Å². The first-order chi connectivity index (χ1) is 12.0. The van der Waals surface area contributed by atoms with Gasteiger partial charge < -0.3 is 20.1 Å². The second-order valence-corrected chi connectivity index (χ2v) is 5.92. The molecule has 0 saturated heterocycles. The molecule has 134 valence electrons. The van der Waals surface area contributed by atoms with Gasteiger partial charge in [0.15, 0.2) is 11.5 Å². The highest BCUT2D eigenvalue weighted by Crippen LogP contribution is 2.27. The second kappa shape index (κ2) is 8.97. The lowest BCUT2D eigenvalue weighted by Crippen LogP contribution is -2.38. The summed E-state index contributed by atoms with van der Waals surface area (Å²) in [4.78, 5) is 12.1. The van der Waals surface area contributed by atoms with Crippen molar-refractivity contribution in [2.45, 2.75) is 26.3 Å². The third-order valence-electron chi connectivity index (χ3n) is 4.15. The van der Waals surface area contributed by atoms with Crippen molar-refractivity contribution in [3.63, 3.8) is 0 Å². The van der Waals surface area contributed by atoms with Gasteiger partial charge in [-0.3, -0.25) is 0 Å². The first kappa shape index (κ1) is 18.6. The van der Waals surface area contributed by atoms with Crippen molar-refractivity contribution in [2.75, 3.05) is 20.8 Å². The number of methoxy groups -OCH3 is 2. The molecule has 2 rings (SSSR count). The molecule has 5 heteroatoms. The van der Waals surface area contributed by atoms with E-state index in [0.29, 0.717) is 24.5 Å². The van der Waals surface area contributed by atoms with Crippen LogP contribution in [0.1, 0.15) is 29.7 Å². The Morgan fingerprint density at radius 2 is 1.80 bits per heavy atom. The Bertz CT molecular complexity index is 716. The quantitative estimate of drug-likeness (QED) is 0.808. The van der Waals surface area contributed by atoms with E-state index in [2.05, 4.69) is 10.6 Å². The SMILES string of the molecule is COc1ccc(CCNC(=O)N[C@@H](C)c2ccccc2C)cc1OC. The Labute approximate surface area is 149 Å². The lowest BCUT2D eigenvalue weighted by molar-refractivity contribution is 0.238. The van der Waals surface area contributed by atoms with Gasteiger partial charge in [0.1, 0.15) is 0 Å². The van der Waals surface area contributed by atoms with E-state index in [1.807, 2.05) is 56.3 Å². The second-order valence-electron chi connectivity index (χ2n) is 5.92. The Balaban J connectivity index is 1.83. The molecule has 2 amide bonds. The molecule has 0 heterocycles. The van der Waals surface area contributed by atoms with E-state index in [1.54, 1.807) is 14.2 Å². The molecule has 0 unspecified atom stereocenters. The van der Waals surface area contributed by atoms with Crippen LogP contribution in [-0.2, 0) is 6.42 Å². The van der Waals surface area contributed by atoms with Crippen LogP contribution in [0.15, 0.2) is 42.5 Å². The molecule has 25 heavy (non-hydrogen) atoms. The molecule has 0 aliphatic heterocycles. The predicted molar refractivity (Wildman–Crippen MR) is 99.4 cm³/mol. The summed E-state index contributed by atoms with van der Waals surface area (Å²) in [7, 11) is 3.22. The van der Waals surface area contributed by atoms with Gasteiger partial charge >= 0.3 is 6.03 Å². The van der Waals surface area contributed by atoms with Crippen LogP contribution >= 0.6 is 0 Å². The Hall–Kier alpha value is -2.69. The lowest BCUT2D eigenvalue weighted by Gasteiger charge is -2.17. The van der Waals surface area contributed by atoms with Crippen LogP contribution in [0.2, 0.25) is 0 Å². The maximum Gasteiger partial charge on any atom is 0.315 e. The zero-order valence-corrected chi connectivity index (χ0v) is 15.3. The van der Waals surface area contributed by atoms with Crippen molar-refractivity contribution in [3.8, 4) is 11.5 Å². The van der Waals surface area contributed by atoms with Crippen molar-refractivity contribution in [1.82, 2.24) is 10.6 Å². The summed E-state index contributed by atoms with van der Waals surface area (Å²) in [6.45, 7) is 4.57. The van der Waals surface area contributed by atoms with Gasteiger partial charge in [-0.05, 0) is 49.1 Å². The van der Waals surface area contributed by atoms with E-state index in [1.165, 1.54) is 5.56 Å². The maximum absolute atomic E-state index is 12.1. The molecule has 0 aromatic heterocycles. The summed E-state index contributed by atoms with van der Waals surface area (Å²) in [5.74, 6) is 1.39. The molecular weight excluding hydrogens is 316 g/mol. The molecule has 1 atom stereocenters. The third kappa shape index (κ3) is 5.14. The summed E-state index contributed by atoms with van der Waals surface area (Å²) in [6, 6.07) is 13.6. The molecule has 0 aliphatic carbocycles. The summed E-state index contributed by atoms with van der Waals surface area (Å²) in [6.07, 6.45) is 0.715. The fourth-order valence-corrected chi connectivity index (χ4v) is 2.75. The number of amides is 2. The van der Waals surface area contributed by atoms with Crippen LogP contribution in [0.4, 0.5) is 4.79 Å². The van der Waals surface area contributed by atoms with E-state index < -0.39 is 0 Å². The van der Waals surface area contributed by atoms with Crippen molar-refractivity contribution in [2.24, 2.45) is 0 Å². The van der Waals surface area contributed by atoms with E-state index in [0.717, 1.165) is 11.1 Å². The molecular formula is C20H26N2O3. The minimum absolute atomic E-state index is 0.0396. The normalized spacial score (nSPS) is 11.5. The number of carbonyl (C=O) groups is 1. The number of carbonyl (C=O) groups excluding carboxylic acids is 1. The molecule has 5 nitrogen and oxygen atoms in total. The maximum atomic E-state index is 12.1. The van der Waals surface area contributed by atoms with Gasteiger partial charge in [-0.2, -0.15) is 0 Å². The van der Waals surface area contributed by atoms with Gasteiger partial charge in [0.05, 0.1) is 20.3 Å². The number of rotatable bonds is 7. The van der Waals surface area contributed by atoms with E-state index in [9.17, 15) is 4.79 Å². The van der Waals surface area contributed by atoms with Crippen LogP contribution in [-0.4, -0.2) is 26.8 Å². The van der Waals surface area contributed by atoms with E-state index in [4.69, 9.17) is 9.47 Å². The molecule has 0 spiro atoms. The van der Waals surface area contributed by atoms with E-state index >= 15 is 0 Å². The molecule has 2 aromatic rings. The molecule has 0 aliphatic rings. The van der Waals surface area contributed by atoms with Gasteiger partial charge in [-0.25, -0.2) is 4.79 Å². The average Bonchev–Trinajstić information content (AvgIpc) is 2.61. The highest BCUT2D eigenvalue weighted by Gasteiger charge is 2.11. The molecule has 0 fully saturated rings. The molecule has 2 N–H and O–H groups in total. The number of aryl methyl sites for hydroxylation is 1. The predicted octanol–water partition coefficient (Wildman–Crippen LogP) is 3.62. The summed E-state index contributed by atoms with van der Waals surface area (Å²) < 4.78 is 10.5. The summed E-state index contributed by atoms with van der Waals surface area (Å²) in [5, 5.41) is 5.86. The Kier molecular flexibility index (Phi) is 6.69. The smallest absolute Gasteiger partial charge is 0.315 e. The molecule has 0 saturated carbocycles. The van der Waals surface area contributed by atoms with Crippen molar-refractivity contribution in [1.29, 1.82) is 0 Å². The van der Waals surface area contributed by atoms with E-state index in [-0.39, 0.29) is 12.1 Å². The summed E-state index contributed by atoms with van der Waals surface area (Å²) in [5.41, 5.74) is 3.36. The lowest BCUT2D eigenvalue weighted by atomic mass is 10.0. The van der Waals surface area contributed by atoms with Crippen LogP contribution < -0.4 is 20.1 Å². The Morgan fingerprint density at radius 1 is 1.08 bits per heavy atom. The van der Waals surface area contributed by atoms with Gasteiger partial charge in [0, 0.05) is 6.54 Å². The van der Waals surface area contributed by atoms with Crippen LogP contribution in [0.25, 0.3) is 0 Å². The molecule has 0 radical (unpaired) electrons. The van der Waals surface area contributed by atoms with Gasteiger partial charge in [0.2, 0.25) is 0 Å². The number of hydrogen-bond acceptors (Lipinski definition) is 3. The van der Waals surface area contributed by atoms with Crippen LogP contribution in [0.3, 0.4) is 0 Å². The van der Waals surface area contributed by atoms with Crippen LogP contribution in [0, 0.1) is 6.92 Å². The summed E-state index contributed by atoms with van der Waals surface area (Å²) >= 11 is 0. The number of ether oxygens (including phenoxy) is 2. The Morgan fingerprint density at radius 3 is 2.48 bits per heavy atom. The largest absolute Gasteiger partial charge is 0.493 e. The highest BCUT2D eigenvalue weighted by atomic mass is 16.5. The molecule has 0 bridgehead atoms. The first-order valence-electron chi connectivity index (χ1n) is 8.36. The standard InChI is InChI=1S/C20H26N2O3/c1-14-7-5-6-8-17(14)15(2)22-20(23)21-12-11-16-9-10-18(24-3)19(13-16)25-4/h5-10,13,15H,11-12H2,1-4H3,(H2,21,22,23)/t15-/m0/s1. The topological polar surface area (TPSA) is 59.6 Å². The van der Waals surface area contributed by atoms with Crippen molar-refractivity contribution < 1.29 is 14.3 Å². The van der Waals surface area contributed by atoms with Gasteiger partial charge in [0.25, 0.3) is 0 Å².